The molecular weight excluding hydrogens is 355 g/mol. The molecule has 0 spiro atoms. The lowest BCUT2D eigenvalue weighted by molar-refractivity contribution is -0.146. The average Bonchev–Trinajstić information content (AvgIpc) is 2.95. The summed E-state index contributed by atoms with van der Waals surface area (Å²) < 4.78 is 18.5. The number of carboxylic acids is 1. The van der Waals surface area contributed by atoms with E-state index in [4.69, 9.17) is 21.4 Å². The smallest absolute Gasteiger partial charge is 0.323 e. The van der Waals surface area contributed by atoms with Crippen molar-refractivity contribution in [1.82, 2.24) is 4.90 Å². The van der Waals surface area contributed by atoms with Gasteiger partial charge in [-0.15, -0.1) is 0 Å². The molecule has 7 nitrogen and oxygen atoms in total. The second-order valence-corrected chi connectivity index (χ2v) is 6.06. The minimum Gasteiger partial charge on any atom is -0.480 e. The Morgan fingerprint density at radius 1 is 1.48 bits per heavy atom. The average molecular weight is 373 g/mol. The zero-order chi connectivity index (χ0) is 18.6. The van der Waals surface area contributed by atoms with Crippen LogP contribution in [0.5, 0.6) is 0 Å². The molecule has 9 heteroatoms. The van der Waals surface area contributed by atoms with Gasteiger partial charge in [0.25, 0.3) is 0 Å². The quantitative estimate of drug-likeness (QED) is 0.781. The third kappa shape index (κ3) is 4.67. The number of aliphatic carboxylic acids is 1. The predicted octanol–water partition coefficient (Wildman–Crippen LogP) is 1.39. The fourth-order valence-electron chi connectivity index (χ4n) is 2.67. The first kappa shape index (κ1) is 19.1. The summed E-state index contributed by atoms with van der Waals surface area (Å²) in [5, 5.41) is 8.89. The van der Waals surface area contributed by atoms with Crippen LogP contribution in [0.2, 0.25) is 5.02 Å². The molecule has 1 aliphatic heterocycles. The number of ether oxygens (including phenoxy) is 1. The zero-order valence-corrected chi connectivity index (χ0v) is 14.3. The molecular formula is C16H18ClFN2O5. The van der Waals surface area contributed by atoms with E-state index < -0.39 is 30.2 Å². The van der Waals surface area contributed by atoms with Crippen molar-refractivity contribution < 1.29 is 28.6 Å². The Morgan fingerprint density at radius 2 is 2.20 bits per heavy atom. The second-order valence-electron chi connectivity index (χ2n) is 5.65. The fourth-order valence-corrected chi connectivity index (χ4v) is 2.78. The summed E-state index contributed by atoms with van der Waals surface area (Å²) in [5.74, 6) is -3.27. The Morgan fingerprint density at radius 3 is 2.80 bits per heavy atom. The fraction of sp³-hybridized carbons (Fsp3) is 0.438. The van der Waals surface area contributed by atoms with Crippen LogP contribution in [0.4, 0.5) is 10.1 Å². The summed E-state index contributed by atoms with van der Waals surface area (Å²) in [7, 11) is 1.44. The van der Waals surface area contributed by atoms with Gasteiger partial charge in [0.2, 0.25) is 11.8 Å². The number of carboxylic acid groups (broad SMARTS) is 1. The van der Waals surface area contributed by atoms with E-state index in [-0.39, 0.29) is 37.0 Å². The predicted molar refractivity (Wildman–Crippen MR) is 88.0 cm³/mol. The van der Waals surface area contributed by atoms with Crippen molar-refractivity contribution in [3.8, 4) is 0 Å². The zero-order valence-electron chi connectivity index (χ0n) is 13.6. The lowest BCUT2D eigenvalue weighted by Crippen LogP contribution is -2.42. The van der Waals surface area contributed by atoms with Crippen LogP contribution in [0.25, 0.3) is 0 Å². The molecule has 0 aromatic heterocycles. The molecule has 2 amide bonds. The van der Waals surface area contributed by atoms with Crippen LogP contribution >= 0.6 is 11.6 Å². The van der Waals surface area contributed by atoms with Crippen LogP contribution in [-0.4, -0.2) is 61.1 Å². The first-order chi connectivity index (χ1) is 11.8. The van der Waals surface area contributed by atoms with Crippen LogP contribution in [0.1, 0.15) is 6.42 Å². The van der Waals surface area contributed by atoms with Gasteiger partial charge in [-0.05, 0) is 18.2 Å². The Kier molecular flexibility index (Phi) is 6.33. The third-order valence-corrected chi connectivity index (χ3v) is 4.20. The molecule has 2 rings (SSSR count). The van der Waals surface area contributed by atoms with Crippen molar-refractivity contribution in [3.63, 3.8) is 0 Å². The highest BCUT2D eigenvalue weighted by molar-refractivity contribution is 6.30. The minimum atomic E-state index is -1.15. The topological polar surface area (TPSA) is 87.1 Å². The van der Waals surface area contributed by atoms with Crippen molar-refractivity contribution in [3.05, 3.63) is 29.0 Å². The van der Waals surface area contributed by atoms with Gasteiger partial charge in [-0.2, -0.15) is 0 Å². The van der Waals surface area contributed by atoms with Crippen molar-refractivity contribution in [2.24, 2.45) is 5.92 Å². The summed E-state index contributed by atoms with van der Waals surface area (Å²) in [4.78, 5) is 38.2. The number of nitrogens with zero attached hydrogens (tertiary/aromatic N) is 2. The summed E-state index contributed by atoms with van der Waals surface area (Å²) in [6, 6.07) is 3.97. The Labute approximate surface area is 148 Å². The standard InChI is InChI=1S/C16H18ClFN2O5/c1-25-5-4-19(9-15(22)23)16(24)10-6-14(21)20(8-10)11-2-3-12(17)13(18)7-11/h2-3,7,10H,4-6,8-9H2,1H3,(H,22,23). The van der Waals surface area contributed by atoms with Crippen LogP contribution in [0.15, 0.2) is 18.2 Å². The van der Waals surface area contributed by atoms with E-state index in [1.807, 2.05) is 0 Å². The molecule has 1 unspecified atom stereocenters. The molecule has 25 heavy (non-hydrogen) atoms. The second kappa shape index (κ2) is 8.26. The van der Waals surface area contributed by atoms with Gasteiger partial charge in [-0.3, -0.25) is 14.4 Å². The lowest BCUT2D eigenvalue weighted by atomic mass is 10.1. The van der Waals surface area contributed by atoms with Gasteiger partial charge < -0.3 is 19.6 Å². The van der Waals surface area contributed by atoms with E-state index >= 15 is 0 Å². The van der Waals surface area contributed by atoms with Crippen molar-refractivity contribution in [2.75, 3.05) is 38.3 Å². The highest BCUT2D eigenvalue weighted by Crippen LogP contribution is 2.28. The highest BCUT2D eigenvalue weighted by atomic mass is 35.5. The number of amides is 2. The summed E-state index contributed by atoms with van der Waals surface area (Å²) >= 11 is 5.63. The van der Waals surface area contributed by atoms with Gasteiger partial charge in [0.05, 0.1) is 17.5 Å². The molecule has 1 atom stereocenters. The summed E-state index contributed by atoms with van der Waals surface area (Å²) in [5.41, 5.74) is 0.309. The number of methoxy groups -OCH3 is 1. The maximum Gasteiger partial charge on any atom is 0.323 e. The van der Waals surface area contributed by atoms with E-state index in [9.17, 15) is 18.8 Å². The Balaban J connectivity index is 2.12. The molecule has 0 aliphatic carbocycles. The van der Waals surface area contributed by atoms with Crippen molar-refractivity contribution in [1.29, 1.82) is 0 Å². The molecule has 1 aromatic carbocycles. The maximum absolute atomic E-state index is 13.6. The Bertz CT molecular complexity index is 684. The van der Waals surface area contributed by atoms with Crippen LogP contribution in [0, 0.1) is 11.7 Å². The maximum atomic E-state index is 13.6. The van der Waals surface area contributed by atoms with Gasteiger partial charge in [0.1, 0.15) is 12.4 Å². The van der Waals surface area contributed by atoms with Gasteiger partial charge >= 0.3 is 5.97 Å². The van der Waals surface area contributed by atoms with E-state index in [0.29, 0.717) is 5.69 Å². The number of hydrogen-bond donors (Lipinski definition) is 1. The van der Waals surface area contributed by atoms with Gasteiger partial charge in [-0.25, -0.2) is 4.39 Å². The number of halogens is 2. The first-order valence-electron chi connectivity index (χ1n) is 7.58. The normalized spacial score (nSPS) is 17.0. The number of hydrogen-bond acceptors (Lipinski definition) is 4. The van der Waals surface area contributed by atoms with E-state index in [0.717, 1.165) is 11.0 Å². The van der Waals surface area contributed by atoms with Crippen molar-refractivity contribution in [2.45, 2.75) is 6.42 Å². The summed E-state index contributed by atoms with van der Waals surface area (Å²) in [6.45, 7) is -0.113. The van der Waals surface area contributed by atoms with Crippen molar-refractivity contribution >= 4 is 35.1 Å². The highest BCUT2D eigenvalue weighted by Gasteiger charge is 2.37. The molecule has 0 saturated carbocycles. The molecule has 1 heterocycles. The van der Waals surface area contributed by atoms with Crippen LogP contribution in [-0.2, 0) is 19.1 Å². The minimum absolute atomic E-state index is 0.0574. The van der Waals surface area contributed by atoms with Gasteiger partial charge in [0, 0.05) is 32.3 Å². The third-order valence-electron chi connectivity index (χ3n) is 3.89. The number of anilines is 1. The van der Waals surface area contributed by atoms with Gasteiger partial charge in [-0.1, -0.05) is 11.6 Å². The monoisotopic (exact) mass is 372 g/mol. The molecule has 0 radical (unpaired) electrons. The SMILES string of the molecule is COCCN(CC(=O)O)C(=O)C1CC(=O)N(c2ccc(Cl)c(F)c2)C1. The van der Waals surface area contributed by atoms with Crippen LogP contribution in [0.3, 0.4) is 0 Å². The lowest BCUT2D eigenvalue weighted by Gasteiger charge is -2.23. The molecule has 1 fully saturated rings. The van der Waals surface area contributed by atoms with E-state index in [2.05, 4.69) is 0 Å². The van der Waals surface area contributed by atoms with E-state index in [1.54, 1.807) is 0 Å². The van der Waals surface area contributed by atoms with Gasteiger partial charge in [0.15, 0.2) is 0 Å². The Hall–Kier alpha value is -2.19. The van der Waals surface area contributed by atoms with E-state index in [1.165, 1.54) is 24.1 Å². The summed E-state index contributed by atoms with van der Waals surface area (Å²) in [6.07, 6.45) is -0.0633. The van der Waals surface area contributed by atoms with Crippen LogP contribution < -0.4 is 4.90 Å². The molecule has 1 N–H and O–H groups in total. The number of rotatable bonds is 7. The number of carbonyl (C=O) groups excluding carboxylic acids is 2. The first-order valence-corrected chi connectivity index (χ1v) is 7.96. The number of benzene rings is 1. The number of carbonyl (C=O) groups is 3. The molecule has 1 aromatic rings. The molecule has 1 saturated heterocycles. The molecule has 0 bridgehead atoms. The largest absolute Gasteiger partial charge is 0.480 e. The molecule has 1 aliphatic rings. The molecule has 136 valence electrons.